The van der Waals surface area contributed by atoms with Gasteiger partial charge in [-0.1, -0.05) is 87.5 Å². The Morgan fingerprint density at radius 3 is 2.32 bits per heavy atom. The average molecular weight is 250 g/mol. The third kappa shape index (κ3) is 4.10. The highest BCUT2D eigenvalue weighted by atomic mass is 14.2. The monoisotopic (exact) mass is 250 g/mol. The Bertz CT molecular complexity index is 542. The second-order valence-corrected chi connectivity index (χ2v) is 5.97. The van der Waals surface area contributed by atoms with Crippen LogP contribution in [-0.4, -0.2) is 0 Å². The van der Waals surface area contributed by atoms with Gasteiger partial charge in [-0.05, 0) is 28.5 Å². The molecule has 98 valence electrons. The molecule has 0 N–H and O–H groups in total. The minimum absolute atomic E-state index is 0.212. The zero-order valence-corrected chi connectivity index (χ0v) is 12.1. The van der Waals surface area contributed by atoms with Gasteiger partial charge in [0.2, 0.25) is 0 Å². The Balaban J connectivity index is 2.07. The molecular weight excluding hydrogens is 228 g/mol. The van der Waals surface area contributed by atoms with Gasteiger partial charge >= 0.3 is 0 Å². The molecule has 0 bridgehead atoms. The Labute approximate surface area is 116 Å². The molecule has 2 aromatic carbocycles. The summed E-state index contributed by atoms with van der Waals surface area (Å²) in [4.78, 5) is 0. The molecule has 0 heteroatoms. The second kappa shape index (κ2) is 5.88. The zero-order chi connectivity index (χ0) is 13.7. The van der Waals surface area contributed by atoms with Crippen LogP contribution in [0.2, 0.25) is 0 Å². The van der Waals surface area contributed by atoms with Crippen molar-refractivity contribution in [3.05, 3.63) is 77.4 Å². The summed E-state index contributed by atoms with van der Waals surface area (Å²) in [6.07, 6.45) is 5.43. The van der Waals surface area contributed by atoms with E-state index in [2.05, 4.69) is 87.5 Å². The molecule has 0 fully saturated rings. The summed E-state index contributed by atoms with van der Waals surface area (Å²) in [6.45, 7) is 6.75. The van der Waals surface area contributed by atoms with Crippen LogP contribution in [0.15, 0.2) is 60.7 Å². The quantitative estimate of drug-likeness (QED) is 0.698. The van der Waals surface area contributed by atoms with Gasteiger partial charge in [-0.15, -0.1) is 0 Å². The molecule has 0 radical (unpaired) electrons. The molecule has 0 aliphatic rings. The number of hydrogen-bond donors (Lipinski definition) is 0. The summed E-state index contributed by atoms with van der Waals surface area (Å²) in [5, 5.41) is 0. The fourth-order valence-electron chi connectivity index (χ4n) is 2.05. The first-order chi connectivity index (χ1) is 9.05. The van der Waals surface area contributed by atoms with E-state index in [1.807, 2.05) is 0 Å². The van der Waals surface area contributed by atoms with Gasteiger partial charge < -0.3 is 0 Å². The third-order valence-electron chi connectivity index (χ3n) is 3.26. The Hall–Kier alpha value is -1.82. The Morgan fingerprint density at radius 2 is 1.63 bits per heavy atom. The first-order valence-corrected chi connectivity index (χ1v) is 6.87. The minimum Gasteiger partial charge on any atom is -0.0795 e. The van der Waals surface area contributed by atoms with Gasteiger partial charge in [0, 0.05) is 0 Å². The van der Waals surface area contributed by atoms with E-state index in [0.717, 1.165) is 6.42 Å². The average Bonchev–Trinajstić information content (AvgIpc) is 2.39. The van der Waals surface area contributed by atoms with Crippen molar-refractivity contribution in [2.75, 3.05) is 0 Å². The van der Waals surface area contributed by atoms with Crippen LogP contribution in [0, 0.1) is 0 Å². The van der Waals surface area contributed by atoms with Crippen molar-refractivity contribution < 1.29 is 0 Å². The van der Waals surface area contributed by atoms with Gasteiger partial charge in [0.15, 0.2) is 0 Å². The van der Waals surface area contributed by atoms with Crippen LogP contribution in [0.5, 0.6) is 0 Å². The Morgan fingerprint density at radius 1 is 0.895 bits per heavy atom. The second-order valence-electron chi connectivity index (χ2n) is 5.97. The summed E-state index contributed by atoms with van der Waals surface area (Å²) in [7, 11) is 0. The lowest BCUT2D eigenvalue weighted by atomic mass is 9.86. The summed E-state index contributed by atoms with van der Waals surface area (Å²) >= 11 is 0. The number of rotatable bonds is 3. The maximum Gasteiger partial charge on any atom is -0.00941 e. The van der Waals surface area contributed by atoms with Crippen molar-refractivity contribution in [3.63, 3.8) is 0 Å². The van der Waals surface area contributed by atoms with Crippen LogP contribution in [-0.2, 0) is 11.8 Å². The van der Waals surface area contributed by atoms with Gasteiger partial charge in [-0.25, -0.2) is 0 Å². The smallest absolute Gasteiger partial charge is 0.00941 e. The van der Waals surface area contributed by atoms with E-state index in [1.54, 1.807) is 0 Å². The molecule has 0 saturated carbocycles. The van der Waals surface area contributed by atoms with E-state index in [9.17, 15) is 0 Å². The van der Waals surface area contributed by atoms with Crippen molar-refractivity contribution in [1.29, 1.82) is 0 Å². The molecule has 19 heavy (non-hydrogen) atoms. The molecule has 0 amide bonds. The number of allylic oxidation sites excluding steroid dienone is 1. The van der Waals surface area contributed by atoms with Crippen LogP contribution < -0.4 is 0 Å². The molecule has 0 aliphatic heterocycles. The van der Waals surface area contributed by atoms with Crippen LogP contribution in [0.1, 0.15) is 37.5 Å². The van der Waals surface area contributed by atoms with Crippen molar-refractivity contribution in [1.82, 2.24) is 0 Å². The van der Waals surface area contributed by atoms with Gasteiger partial charge in [-0.3, -0.25) is 0 Å². The van der Waals surface area contributed by atoms with E-state index < -0.39 is 0 Å². The molecule has 0 saturated heterocycles. The van der Waals surface area contributed by atoms with E-state index >= 15 is 0 Å². The highest BCUT2D eigenvalue weighted by molar-refractivity contribution is 5.51. The van der Waals surface area contributed by atoms with Crippen molar-refractivity contribution >= 4 is 6.08 Å². The summed E-state index contributed by atoms with van der Waals surface area (Å²) in [6, 6.07) is 19.3. The molecular formula is C19H22. The first-order valence-electron chi connectivity index (χ1n) is 6.87. The maximum absolute atomic E-state index is 2.28. The molecule has 0 unspecified atom stereocenters. The molecule has 0 nitrogen and oxygen atoms in total. The lowest BCUT2D eigenvalue weighted by molar-refractivity contribution is 0.590. The van der Waals surface area contributed by atoms with Gasteiger partial charge in [0.05, 0.1) is 0 Å². The van der Waals surface area contributed by atoms with Gasteiger partial charge in [-0.2, -0.15) is 0 Å². The lowest BCUT2D eigenvalue weighted by Gasteiger charge is -2.19. The highest BCUT2D eigenvalue weighted by Crippen LogP contribution is 2.23. The standard InChI is InChI=1S/C19H22/c1-19(2,3)18-14-8-13-17(15-18)12-7-11-16-9-5-4-6-10-16/h4-10,12-15H,11H2,1-3H3/b12-7+. The molecule has 2 rings (SSSR count). The maximum atomic E-state index is 2.28. The highest BCUT2D eigenvalue weighted by Gasteiger charge is 2.12. The Kier molecular flexibility index (Phi) is 4.21. The van der Waals surface area contributed by atoms with E-state index in [4.69, 9.17) is 0 Å². The minimum atomic E-state index is 0.212. The number of benzene rings is 2. The van der Waals surface area contributed by atoms with Crippen molar-refractivity contribution in [3.8, 4) is 0 Å². The normalized spacial score (nSPS) is 11.9. The largest absolute Gasteiger partial charge is 0.0795 e. The first kappa shape index (κ1) is 13.6. The molecule has 0 aromatic heterocycles. The van der Waals surface area contributed by atoms with Gasteiger partial charge in [0.25, 0.3) is 0 Å². The fourth-order valence-corrected chi connectivity index (χ4v) is 2.05. The van der Waals surface area contributed by atoms with Crippen molar-refractivity contribution in [2.45, 2.75) is 32.6 Å². The van der Waals surface area contributed by atoms with E-state index in [0.29, 0.717) is 0 Å². The topological polar surface area (TPSA) is 0 Å². The molecule has 0 heterocycles. The van der Waals surface area contributed by atoms with E-state index in [1.165, 1.54) is 16.7 Å². The van der Waals surface area contributed by atoms with E-state index in [-0.39, 0.29) is 5.41 Å². The summed E-state index contributed by atoms with van der Waals surface area (Å²) < 4.78 is 0. The lowest BCUT2D eigenvalue weighted by Crippen LogP contribution is -2.10. The molecule has 2 aromatic rings. The predicted molar refractivity (Wildman–Crippen MR) is 84.3 cm³/mol. The van der Waals surface area contributed by atoms with Gasteiger partial charge in [0.1, 0.15) is 0 Å². The molecule has 0 spiro atoms. The molecule has 0 atom stereocenters. The summed E-state index contributed by atoms with van der Waals surface area (Å²) in [5.41, 5.74) is 4.23. The van der Waals surface area contributed by atoms with Crippen LogP contribution in [0.25, 0.3) is 6.08 Å². The zero-order valence-electron chi connectivity index (χ0n) is 12.1. The van der Waals surface area contributed by atoms with Crippen LogP contribution in [0.4, 0.5) is 0 Å². The predicted octanol–water partition coefficient (Wildman–Crippen LogP) is 5.24. The van der Waals surface area contributed by atoms with Crippen molar-refractivity contribution in [2.24, 2.45) is 0 Å². The third-order valence-corrected chi connectivity index (χ3v) is 3.26. The van der Waals surface area contributed by atoms with Crippen LogP contribution in [0.3, 0.4) is 0 Å². The SMILES string of the molecule is CC(C)(C)c1cccc(/C=C/Cc2ccccc2)c1. The van der Waals surface area contributed by atoms with Crippen LogP contribution >= 0.6 is 0 Å². The number of hydrogen-bond acceptors (Lipinski definition) is 0. The fraction of sp³-hybridized carbons (Fsp3) is 0.263. The summed E-state index contributed by atoms with van der Waals surface area (Å²) in [5.74, 6) is 0. The molecule has 0 aliphatic carbocycles.